The first-order chi connectivity index (χ1) is 9.34. The van der Waals surface area contributed by atoms with Gasteiger partial charge in [-0.3, -0.25) is 4.79 Å². The van der Waals surface area contributed by atoms with Crippen LogP contribution in [-0.4, -0.2) is 16.1 Å². The summed E-state index contributed by atoms with van der Waals surface area (Å²) in [6, 6.07) is 4.52. The largest absolute Gasteiger partial charge is 0.481 e. The van der Waals surface area contributed by atoms with Gasteiger partial charge >= 0.3 is 12.1 Å². The average Bonchev–Trinajstić information content (AvgIpc) is 2.75. The number of aromatic nitrogens is 1. The smallest absolute Gasteiger partial charge is 0.416 e. The van der Waals surface area contributed by atoms with Crippen LogP contribution in [0.4, 0.5) is 24.0 Å². The summed E-state index contributed by atoms with van der Waals surface area (Å²) in [7, 11) is 0. The fraction of sp³-hybridized carbons (Fsp3) is 0.167. The van der Waals surface area contributed by atoms with Crippen LogP contribution in [0.3, 0.4) is 0 Å². The normalized spacial score (nSPS) is 11.3. The maximum atomic E-state index is 12.4. The Morgan fingerprint density at radius 3 is 2.50 bits per heavy atom. The van der Waals surface area contributed by atoms with E-state index >= 15 is 0 Å². The Kier molecular flexibility index (Phi) is 3.93. The molecule has 1 heterocycles. The van der Waals surface area contributed by atoms with E-state index in [4.69, 9.17) is 5.11 Å². The predicted molar refractivity (Wildman–Crippen MR) is 68.2 cm³/mol. The Balaban J connectivity index is 2.06. The number of carboxylic acids is 1. The monoisotopic (exact) mass is 302 g/mol. The minimum atomic E-state index is -4.37. The van der Waals surface area contributed by atoms with Crippen LogP contribution in [0.2, 0.25) is 0 Å². The van der Waals surface area contributed by atoms with E-state index in [2.05, 4.69) is 10.3 Å². The van der Waals surface area contributed by atoms with Gasteiger partial charge in [-0.1, -0.05) is 0 Å². The van der Waals surface area contributed by atoms with E-state index in [9.17, 15) is 18.0 Å². The summed E-state index contributed by atoms with van der Waals surface area (Å²) < 4.78 is 37.2. The quantitative estimate of drug-likeness (QED) is 0.907. The Labute approximate surface area is 115 Å². The first kappa shape index (κ1) is 14.3. The highest BCUT2D eigenvalue weighted by atomic mass is 32.1. The Bertz CT molecular complexity index is 608. The minimum Gasteiger partial charge on any atom is -0.481 e. The number of hydrogen-bond donors (Lipinski definition) is 2. The Hall–Kier alpha value is -2.09. The van der Waals surface area contributed by atoms with Gasteiger partial charge in [-0.2, -0.15) is 13.2 Å². The number of nitrogens with one attached hydrogen (secondary N) is 1. The van der Waals surface area contributed by atoms with Crippen molar-refractivity contribution in [1.29, 1.82) is 0 Å². The molecule has 0 atom stereocenters. The topological polar surface area (TPSA) is 62.2 Å². The lowest BCUT2D eigenvalue weighted by Crippen LogP contribution is -2.04. The number of carboxylic acid groups (broad SMARTS) is 1. The zero-order chi connectivity index (χ0) is 14.8. The van der Waals surface area contributed by atoms with E-state index < -0.39 is 17.7 Å². The molecule has 2 rings (SSSR count). The molecule has 0 fully saturated rings. The van der Waals surface area contributed by atoms with Gasteiger partial charge in [0.15, 0.2) is 5.13 Å². The highest BCUT2D eigenvalue weighted by Crippen LogP contribution is 2.30. The highest BCUT2D eigenvalue weighted by Gasteiger charge is 2.29. The molecule has 20 heavy (non-hydrogen) atoms. The van der Waals surface area contributed by atoms with Crippen LogP contribution in [0.25, 0.3) is 0 Å². The van der Waals surface area contributed by atoms with Gasteiger partial charge in [0, 0.05) is 11.1 Å². The van der Waals surface area contributed by atoms with Crippen molar-refractivity contribution in [2.24, 2.45) is 0 Å². The second-order valence-corrected chi connectivity index (χ2v) is 4.77. The van der Waals surface area contributed by atoms with Crippen molar-refractivity contribution in [1.82, 2.24) is 4.98 Å². The molecule has 2 aromatic rings. The van der Waals surface area contributed by atoms with Crippen LogP contribution >= 0.6 is 11.3 Å². The standard InChI is InChI=1S/C12H9F3N2O2S/c13-12(14,15)7-1-3-8(4-2-7)16-11-17-9(6-20-11)5-10(18)19/h1-4,6H,5H2,(H,16,17)(H,18,19). The van der Waals surface area contributed by atoms with Crippen molar-refractivity contribution in [2.45, 2.75) is 12.6 Å². The number of halogens is 3. The lowest BCUT2D eigenvalue weighted by Gasteiger charge is -2.07. The lowest BCUT2D eigenvalue weighted by atomic mass is 10.2. The molecule has 0 amide bonds. The molecule has 1 aromatic carbocycles. The molecule has 106 valence electrons. The molecule has 0 aliphatic rings. The zero-order valence-corrected chi connectivity index (χ0v) is 10.8. The number of benzene rings is 1. The number of thiazole rings is 1. The molecule has 4 nitrogen and oxygen atoms in total. The molecule has 0 aliphatic carbocycles. The molecule has 0 saturated heterocycles. The molecule has 8 heteroatoms. The fourth-order valence-electron chi connectivity index (χ4n) is 1.47. The zero-order valence-electron chi connectivity index (χ0n) is 9.94. The maximum absolute atomic E-state index is 12.4. The number of hydrogen-bond acceptors (Lipinski definition) is 4. The molecule has 0 spiro atoms. The van der Waals surface area contributed by atoms with Gasteiger partial charge in [0.1, 0.15) is 0 Å². The second-order valence-electron chi connectivity index (χ2n) is 3.91. The minimum absolute atomic E-state index is 0.189. The summed E-state index contributed by atoms with van der Waals surface area (Å²) in [5.74, 6) is -0.989. The molecule has 0 bridgehead atoms. The molecule has 0 saturated carbocycles. The van der Waals surface area contributed by atoms with Crippen LogP contribution in [0.15, 0.2) is 29.6 Å². The first-order valence-electron chi connectivity index (χ1n) is 5.45. The van der Waals surface area contributed by atoms with E-state index in [0.717, 1.165) is 12.1 Å². The summed E-state index contributed by atoms with van der Waals surface area (Å²) in [6.45, 7) is 0. The summed E-state index contributed by atoms with van der Waals surface area (Å²) in [4.78, 5) is 14.5. The number of carbonyl (C=O) groups is 1. The SMILES string of the molecule is O=C(O)Cc1csc(Nc2ccc(C(F)(F)F)cc2)n1. The van der Waals surface area contributed by atoms with E-state index in [-0.39, 0.29) is 6.42 Å². The number of nitrogens with zero attached hydrogens (tertiary/aromatic N) is 1. The lowest BCUT2D eigenvalue weighted by molar-refractivity contribution is -0.138. The van der Waals surface area contributed by atoms with Gasteiger partial charge in [-0.05, 0) is 24.3 Å². The van der Waals surface area contributed by atoms with Gasteiger partial charge in [-0.25, -0.2) is 4.98 Å². The maximum Gasteiger partial charge on any atom is 0.416 e. The second kappa shape index (κ2) is 5.49. The van der Waals surface area contributed by atoms with Crippen molar-refractivity contribution >= 4 is 28.1 Å². The number of aliphatic carboxylic acids is 1. The van der Waals surface area contributed by atoms with Crippen molar-refractivity contribution in [2.75, 3.05) is 5.32 Å². The molecular formula is C12H9F3N2O2S. The summed E-state index contributed by atoms with van der Waals surface area (Å²) in [5.41, 5.74) is 0.125. The van der Waals surface area contributed by atoms with E-state index in [1.54, 1.807) is 5.38 Å². The number of alkyl halides is 3. The van der Waals surface area contributed by atoms with Crippen LogP contribution in [0.1, 0.15) is 11.3 Å². The average molecular weight is 302 g/mol. The molecule has 0 unspecified atom stereocenters. The third-order valence-electron chi connectivity index (χ3n) is 2.35. The number of rotatable bonds is 4. The van der Waals surface area contributed by atoms with Gasteiger partial charge in [-0.15, -0.1) is 11.3 Å². The van der Waals surface area contributed by atoms with Crippen LogP contribution in [0, 0.1) is 0 Å². The third kappa shape index (κ3) is 3.70. The number of anilines is 2. The molecule has 2 N–H and O–H groups in total. The molecule has 1 aromatic heterocycles. The predicted octanol–water partition coefficient (Wildman–Crippen LogP) is 3.53. The molecular weight excluding hydrogens is 293 g/mol. The van der Waals surface area contributed by atoms with Gasteiger partial charge in [0.2, 0.25) is 0 Å². The first-order valence-corrected chi connectivity index (χ1v) is 6.33. The van der Waals surface area contributed by atoms with Crippen LogP contribution in [-0.2, 0) is 17.4 Å². The van der Waals surface area contributed by atoms with Gasteiger partial charge in [0.05, 0.1) is 17.7 Å². The summed E-state index contributed by atoms with van der Waals surface area (Å²) in [6.07, 6.45) is -4.56. The summed E-state index contributed by atoms with van der Waals surface area (Å²) >= 11 is 1.19. The van der Waals surface area contributed by atoms with Crippen LogP contribution in [0.5, 0.6) is 0 Å². The fourth-order valence-corrected chi connectivity index (χ4v) is 2.20. The van der Waals surface area contributed by atoms with Gasteiger partial charge < -0.3 is 10.4 Å². The van der Waals surface area contributed by atoms with Crippen molar-refractivity contribution < 1.29 is 23.1 Å². The molecule has 0 radical (unpaired) electrons. The van der Waals surface area contributed by atoms with Crippen molar-refractivity contribution in [3.63, 3.8) is 0 Å². The van der Waals surface area contributed by atoms with Crippen molar-refractivity contribution in [3.05, 3.63) is 40.9 Å². The van der Waals surface area contributed by atoms with Crippen LogP contribution < -0.4 is 5.32 Å². The highest BCUT2D eigenvalue weighted by molar-refractivity contribution is 7.13. The third-order valence-corrected chi connectivity index (χ3v) is 3.15. The molecule has 0 aliphatic heterocycles. The van der Waals surface area contributed by atoms with E-state index in [1.165, 1.54) is 23.5 Å². The Morgan fingerprint density at radius 2 is 1.95 bits per heavy atom. The summed E-state index contributed by atoms with van der Waals surface area (Å²) in [5, 5.41) is 13.4. The van der Waals surface area contributed by atoms with E-state index in [0.29, 0.717) is 16.5 Å². The van der Waals surface area contributed by atoms with Gasteiger partial charge in [0.25, 0.3) is 0 Å². The van der Waals surface area contributed by atoms with Crippen molar-refractivity contribution in [3.8, 4) is 0 Å². The Morgan fingerprint density at radius 1 is 1.30 bits per heavy atom. The van der Waals surface area contributed by atoms with E-state index in [1.807, 2.05) is 0 Å².